The first kappa shape index (κ1) is 13.2. The van der Waals surface area contributed by atoms with Crippen molar-refractivity contribution in [2.45, 2.75) is 17.2 Å². The Morgan fingerprint density at radius 3 is 2.21 bits per heavy atom. The molecule has 0 aliphatic carbocycles. The fourth-order valence-electron chi connectivity index (χ4n) is 1.71. The van der Waals surface area contributed by atoms with Crippen LogP contribution in [0.5, 0.6) is 0 Å². The van der Waals surface area contributed by atoms with Gasteiger partial charge >= 0.3 is 5.37 Å². The van der Waals surface area contributed by atoms with Gasteiger partial charge in [-0.15, -0.1) is 0 Å². The molecule has 1 aromatic carbocycles. The van der Waals surface area contributed by atoms with E-state index in [0.717, 1.165) is 5.56 Å². The normalized spacial score (nSPS) is 12.6. The van der Waals surface area contributed by atoms with E-state index >= 15 is 0 Å². The lowest BCUT2D eigenvalue weighted by Gasteiger charge is -2.07. The number of nitrogens with zero attached hydrogens (tertiary/aromatic N) is 2. The number of aromatic nitrogens is 1. The number of aryl methyl sites for hydroxylation is 1. The van der Waals surface area contributed by atoms with E-state index in [-0.39, 0.29) is 4.90 Å². The molecule has 0 aliphatic heterocycles. The summed E-state index contributed by atoms with van der Waals surface area (Å²) in [6.07, 6.45) is 2.97. The van der Waals surface area contributed by atoms with Gasteiger partial charge in [-0.3, -0.25) is 9.83 Å². The molecule has 4 nitrogen and oxygen atoms in total. The molecule has 0 radical (unpaired) electrons. The third kappa shape index (κ3) is 2.64. The molecule has 96 valence electrons. The van der Waals surface area contributed by atoms with Crippen LogP contribution in [-0.2, 0) is 9.84 Å². The minimum absolute atomic E-state index is 0.163. The number of benzene rings is 1. The van der Waals surface area contributed by atoms with Gasteiger partial charge < -0.3 is 0 Å². The summed E-state index contributed by atoms with van der Waals surface area (Å²) >= 11 is 0. The SMILES string of the molecule is [C-]#[N+]C(c1ccncc1)S(=O)(=O)c1ccc(C)cc1. The number of sulfone groups is 1. The van der Waals surface area contributed by atoms with Crippen molar-refractivity contribution in [2.24, 2.45) is 0 Å². The zero-order chi connectivity index (χ0) is 13.9. The molecule has 0 saturated heterocycles. The largest absolute Gasteiger partial charge is 0.350 e. The van der Waals surface area contributed by atoms with E-state index in [1.54, 1.807) is 24.3 Å². The summed E-state index contributed by atoms with van der Waals surface area (Å²) in [6.45, 7) is 9.05. The fraction of sp³-hybridized carbons (Fsp3) is 0.143. The summed E-state index contributed by atoms with van der Waals surface area (Å²) < 4.78 is 24.9. The number of hydrogen-bond acceptors (Lipinski definition) is 3. The van der Waals surface area contributed by atoms with E-state index in [4.69, 9.17) is 6.57 Å². The number of hydrogen-bond donors (Lipinski definition) is 0. The van der Waals surface area contributed by atoms with Gasteiger partial charge in [0.15, 0.2) is 0 Å². The highest BCUT2D eigenvalue weighted by Crippen LogP contribution is 2.29. The van der Waals surface area contributed by atoms with Gasteiger partial charge in [0, 0.05) is 12.4 Å². The van der Waals surface area contributed by atoms with Crippen LogP contribution in [0.15, 0.2) is 53.7 Å². The molecule has 2 rings (SSSR count). The van der Waals surface area contributed by atoms with Gasteiger partial charge in [-0.25, -0.2) is 15.0 Å². The molecule has 1 atom stereocenters. The minimum atomic E-state index is -3.70. The molecule has 19 heavy (non-hydrogen) atoms. The van der Waals surface area contributed by atoms with Crippen LogP contribution in [0, 0.1) is 13.5 Å². The van der Waals surface area contributed by atoms with Crippen molar-refractivity contribution in [3.63, 3.8) is 0 Å². The molecule has 1 unspecified atom stereocenters. The molecule has 0 amide bonds. The van der Waals surface area contributed by atoms with Gasteiger partial charge in [-0.2, -0.15) is 0 Å². The van der Waals surface area contributed by atoms with E-state index in [1.807, 2.05) is 6.92 Å². The van der Waals surface area contributed by atoms with Crippen molar-refractivity contribution in [1.82, 2.24) is 4.98 Å². The Hall–Kier alpha value is -2.19. The third-order valence-electron chi connectivity index (χ3n) is 2.75. The highest BCUT2D eigenvalue weighted by Gasteiger charge is 2.34. The van der Waals surface area contributed by atoms with Crippen molar-refractivity contribution in [3.05, 3.63) is 71.3 Å². The maximum absolute atomic E-state index is 12.4. The molecule has 0 saturated carbocycles. The summed E-state index contributed by atoms with van der Waals surface area (Å²) in [6, 6.07) is 9.61. The standard InChI is InChI=1S/C14H12N2O2S/c1-11-3-5-13(6-4-11)19(17,18)14(15-2)12-7-9-16-10-8-12/h3-10,14H,1H3. The second-order valence-corrected chi connectivity index (χ2v) is 6.13. The monoisotopic (exact) mass is 272 g/mol. The first-order chi connectivity index (χ1) is 9.05. The molecule has 2 aromatic rings. The third-order valence-corrected chi connectivity index (χ3v) is 4.65. The van der Waals surface area contributed by atoms with Crippen molar-refractivity contribution in [3.8, 4) is 0 Å². The van der Waals surface area contributed by atoms with Gasteiger partial charge in [0.05, 0.1) is 10.5 Å². The van der Waals surface area contributed by atoms with Crippen molar-refractivity contribution < 1.29 is 8.42 Å². The van der Waals surface area contributed by atoms with E-state index < -0.39 is 15.2 Å². The maximum atomic E-state index is 12.4. The summed E-state index contributed by atoms with van der Waals surface area (Å²) in [5, 5.41) is -1.22. The summed E-state index contributed by atoms with van der Waals surface area (Å²) in [5.74, 6) is 0. The van der Waals surface area contributed by atoms with E-state index in [0.29, 0.717) is 5.56 Å². The van der Waals surface area contributed by atoms with E-state index in [9.17, 15) is 8.42 Å². The molecule has 0 fully saturated rings. The molecule has 0 N–H and O–H groups in total. The van der Waals surface area contributed by atoms with Gasteiger partial charge in [0.2, 0.25) is 0 Å². The van der Waals surface area contributed by atoms with Crippen LogP contribution in [0.2, 0.25) is 0 Å². The molecule has 5 heteroatoms. The van der Waals surface area contributed by atoms with Crippen molar-refractivity contribution in [1.29, 1.82) is 0 Å². The number of rotatable bonds is 3. The van der Waals surface area contributed by atoms with Crippen LogP contribution in [0.4, 0.5) is 0 Å². The topological polar surface area (TPSA) is 51.4 Å². The smallest absolute Gasteiger partial charge is 0.291 e. The average Bonchev–Trinajstić information content (AvgIpc) is 2.41. The van der Waals surface area contributed by atoms with Crippen molar-refractivity contribution in [2.75, 3.05) is 0 Å². The Balaban J connectivity index is 2.49. The molecule has 0 bridgehead atoms. The van der Waals surface area contributed by atoms with Gasteiger partial charge in [0.1, 0.15) is 0 Å². The van der Waals surface area contributed by atoms with Crippen LogP contribution in [0.1, 0.15) is 16.5 Å². The fourth-order valence-corrected chi connectivity index (χ4v) is 3.14. The number of pyridine rings is 1. The van der Waals surface area contributed by atoms with Crippen LogP contribution in [0.3, 0.4) is 0 Å². The highest BCUT2D eigenvalue weighted by atomic mass is 32.2. The predicted molar refractivity (Wildman–Crippen MR) is 71.9 cm³/mol. The van der Waals surface area contributed by atoms with Crippen molar-refractivity contribution >= 4 is 9.84 Å². The lowest BCUT2D eigenvalue weighted by Crippen LogP contribution is -2.10. The first-order valence-corrected chi connectivity index (χ1v) is 7.17. The zero-order valence-corrected chi connectivity index (χ0v) is 11.1. The van der Waals surface area contributed by atoms with E-state index in [1.165, 1.54) is 24.5 Å². The van der Waals surface area contributed by atoms with Crippen LogP contribution in [0.25, 0.3) is 4.85 Å². The predicted octanol–water partition coefficient (Wildman–Crippen LogP) is 2.78. The van der Waals surface area contributed by atoms with E-state index in [2.05, 4.69) is 9.83 Å². The summed E-state index contributed by atoms with van der Waals surface area (Å²) in [4.78, 5) is 7.26. The Kier molecular flexibility index (Phi) is 3.63. The Morgan fingerprint density at radius 1 is 1.11 bits per heavy atom. The second-order valence-electron chi connectivity index (χ2n) is 4.12. The van der Waals surface area contributed by atoms with Gasteiger partial charge in [0.25, 0.3) is 9.84 Å². The van der Waals surface area contributed by atoms with Crippen LogP contribution in [-0.4, -0.2) is 13.4 Å². The molecule has 0 spiro atoms. The first-order valence-electron chi connectivity index (χ1n) is 5.63. The van der Waals surface area contributed by atoms with Crippen LogP contribution < -0.4 is 0 Å². The average molecular weight is 272 g/mol. The summed E-state index contributed by atoms with van der Waals surface area (Å²) in [5.41, 5.74) is 1.41. The Morgan fingerprint density at radius 2 is 1.68 bits per heavy atom. The summed E-state index contributed by atoms with van der Waals surface area (Å²) in [7, 11) is -3.70. The van der Waals surface area contributed by atoms with Crippen LogP contribution >= 0.6 is 0 Å². The zero-order valence-electron chi connectivity index (χ0n) is 10.3. The minimum Gasteiger partial charge on any atom is -0.291 e. The molecule has 1 aromatic heterocycles. The Bertz CT molecular complexity index is 701. The quantitative estimate of drug-likeness (QED) is 0.807. The molecular weight excluding hydrogens is 260 g/mol. The second kappa shape index (κ2) is 5.21. The molecule has 0 aliphatic rings. The molecular formula is C14H12N2O2S. The Labute approximate surface area is 112 Å². The molecule has 1 heterocycles. The lowest BCUT2D eigenvalue weighted by molar-refractivity contribution is 0.590. The van der Waals surface area contributed by atoms with Gasteiger partial charge in [-0.1, -0.05) is 17.7 Å². The maximum Gasteiger partial charge on any atom is 0.350 e. The highest BCUT2D eigenvalue weighted by molar-refractivity contribution is 7.91. The lowest BCUT2D eigenvalue weighted by atomic mass is 10.2. The van der Waals surface area contributed by atoms with Gasteiger partial charge in [-0.05, 0) is 31.2 Å².